The Morgan fingerprint density at radius 2 is 1.58 bits per heavy atom. The maximum atomic E-state index is 13.6. The topological polar surface area (TPSA) is 88.2 Å². The van der Waals surface area contributed by atoms with Crippen molar-refractivity contribution in [3.05, 3.63) is 89.0 Å². The van der Waals surface area contributed by atoms with E-state index in [0.717, 1.165) is 49.5 Å². The van der Waals surface area contributed by atoms with E-state index >= 15 is 0 Å². The molecule has 200 valence electrons. The third-order valence-corrected chi connectivity index (χ3v) is 8.68. The number of hydrogen-bond acceptors (Lipinski definition) is 6. The smallest absolute Gasteiger partial charge is 0.264 e. The normalized spacial score (nSPS) is 17.9. The van der Waals surface area contributed by atoms with Crippen LogP contribution in [0.25, 0.3) is 0 Å². The van der Waals surface area contributed by atoms with E-state index in [1.165, 1.54) is 9.87 Å². The molecule has 8 nitrogen and oxygen atoms in total. The highest BCUT2D eigenvalue weighted by molar-refractivity contribution is 7.92. The molecule has 2 aliphatic rings. The Hall–Kier alpha value is -3.40. The number of morpholine rings is 1. The van der Waals surface area contributed by atoms with Gasteiger partial charge < -0.3 is 14.8 Å². The minimum Gasteiger partial charge on any atom is -0.476 e. The van der Waals surface area contributed by atoms with Gasteiger partial charge in [-0.3, -0.25) is 14.0 Å². The van der Waals surface area contributed by atoms with Crippen molar-refractivity contribution in [1.82, 2.24) is 10.2 Å². The first-order valence-electron chi connectivity index (χ1n) is 12.8. The minimum absolute atomic E-state index is 0.114. The summed E-state index contributed by atoms with van der Waals surface area (Å²) >= 11 is 0. The lowest BCUT2D eigenvalue weighted by Crippen LogP contribution is -2.50. The molecular weight excluding hydrogens is 502 g/mol. The van der Waals surface area contributed by atoms with Crippen molar-refractivity contribution in [2.45, 2.75) is 37.9 Å². The van der Waals surface area contributed by atoms with Crippen molar-refractivity contribution < 1.29 is 22.7 Å². The van der Waals surface area contributed by atoms with E-state index in [9.17, 15) is 13.2 Å². The molecule has 38 heavy (non-hydrogen) atoms. The van der Waals surface area contributed by atoms with Gasteiger partial charge in [-0.15, -0.1) is 0 Å². The van der Waals surface area contributed by atoms with E-state index in [4.69, 9.17) is 9.47 Å². The third-order valence-electron chi connectivity index (χ3n) is 6.89. The molecule has 9 heteroatoms. The second kappa shape index (κ2) is 11.1. The van der Waals surface area contributed by atoms with Gasteiger partial charge in [-0.2, -0.15) is 0 Å². The fourth-order valence-corrected chi connectivity index (χ4v) is 6.11. The van der Waals surface area contributed by atoms with Crippen LogP contribution >= 0.6 is 0 Å². The number of carbonyl (C=O) groups excluding carboxylic acids is 1. The number of sulfonamides is 1. The van der Waals surface area contributed by atoms with Gasteiger partial charge in [0.25, 0.3) is 15.9 Å². The van der Waals surface area contributed by atoms with Gasteiger partial charge in [-0.25, -0.2) is 8.42 Å². The molecule has 1 atom stereocenters. The zero-order chi connectivity index (χ0) is 26.7. The number of ether oxygens (including phenoxy) is 2. The first-order chi connectivity index (χ1) is 18.3. The monoisotopic (exact) mass is 535 g/mol. The minimum atomic E-state index is -3.90. The predicted molar refractivity (Wildman–Crippen MR) is 146 cm³/mol. The van der Waals surface area contributed by atoms with E-state index in [1.807, 2.05) is 32.0 Å². The van der Waals surface area contributed by atoms with Crippen molar-refractivity contribution in [2.24, 2.45) is 0 Å². The highest BCUT2D eigenvalue weighted by Crippen LogP contribution is 2.37. The van der Waals surface area contributed by atoms with Crippen molar-refractivity contribution in [1.29, 1.82) is 0 Å². The van der Waals surface area contributed by atoms with Gasteiger partial charge in [0.1, 0.15) is 5.75 Å². The average molecular weight is 536 g/mol. The fraction of sp³-hybridized carbons (Fsp3) is 0.345. The molecule has 5 rings (SSSR count). The van der Waals surface area contributed by atoms with E-state index < -0.39 is 16.1 Å². The molecule has 0 spiro atoms. The van der Waals surface area contributed by atoms with Crippen LogP contribution in [0.5, 0.6) is 5.75 Å². The molecule has 0 bridgehead atoms. The fourth-order valence-electron chi connectivity index (χ4n) is 4.65. The Morgan fingerprint density at radius 3 is 2.29 bits per heavy atom. The van der Waals surface area contributed by atoms with E-state index in [0.29, 0.717) is 18.0 Å². The van der Waals surface area contributed by atoms with Crippen molar-refractivity contribution >= 4 is 21.6 Å². The van der Waals surface area contributed by atoms with Gasteiger partial charge in [-0.05, 0) is 54.8 Å². The van der Waals surface area contributed by atoms with Crippen LogP contribution in [0.3, 0.4) is 0 Å². The number of carbonyl (C=O) groups is 1. The van der Waals surface area contributed by atoms with Crippen LogP contribution in [0, 0.1) is 13.8 Å². The Labute approximate surface area is 224 Å². The molecule has 1 saturated heterocycles. The third kappa shape index (κ3) is 5.85. The molecule has 0 aliphatic carbocycles. The highest BCUT2D eigenvalue weighted by Gasteiger charge is 2.37. The van der Waals surface area contributed by atoms with Crippen LogP contribution in [0.2, 0.25) is 0 Å². The van der Waals surface area contributed by atoms with Gasteiger partial charge in [-0.1, -0.05) is 48.0 Å². The number of amides is 1. The Bertz CT molecular complexity index is 1380. The second-order valence-corrected chi connectivity index (χ2v) is 11.7. The lowest BCUT2D eigenvalue weighted by atomic mass is 10.1. The van der Waals surface area contributed by atoms with Crippen LogP contribution in [0.4, 0.5) is 5.69 Å². The molecule has 1 fully saturated rings. The average Bonchev–Trinajstić information content (AvgIpc) is 2.92. The van der Waals surface area contributed by atoms with E-state index in [-0.39, 0.29) is 17.3 Å². The molecular formula is C29H33N3O5S. The highest BCUT2D eigenvalue weighted by atomic mass is 32.2. The van der Waals surface area contributed by atoms with Gasteiger partial charge in [0.15, 0.2) is 6.10 Å². The summed E-state index contributed by atoms with van der Waals surface area (Å²) in [7, 11) is -3.90. The Kier molecular flexibility index (Phi) is 7.69. The number of rotatable bonds is 7. The van der Waals surface area contributed by atoms with Gasteiger partial charge >= 0.3 is 0 Å². The Balaban J connectivity index is 1.28. The lowest BCUT2D eigenvalue weighted by Gasteiger charge is -2.35. The Morgan fingerprint density at radius 1 is 0.921 bits per heavy atom. The summed E-state index contributed by atoms with van der Waals surface area (Å²) in [6.07, 6.45) is -0.981. The predicted octanol–water partition coefficient (Wildman–Crippen LogP) is 3.41. The quantitative estimate of drug-likeness (QED) is 0.499. The van der Waals surface area contributed by atoms with Gasteiger partial charge in [0.05, 0.1) is 30.3 Å². The summed E-state index contributed by atoms with van der Waals surface area (Å²) < 4.78 is 39.9. The van der Waals surface area contributed by atoms with Gasteiger partial charge in [0, 0.05) is 26.2 Å². The van der Waals surface area contributed by atoms with Crippen LogP contribution < -0.4 is 14.4 Å². The standard InChI is InChI=1S/C29H33N3O5S/c1-21-3-10-25(11-4-21)38(34,35)32-20-28(37-27-12-5-22(2)17-26(27)32)29(33)30-18-23-6-8-24(9-7-23)19-31-13-15-36-16-14-31/h3-12,17,28H,13-16,18-20H2,1-2H3,(H,30,33). The molecule has 0 saturated carbocycles. The number of benzene rings is 3. The van der Waals surface area contributed by atoms with Crippen LogP contribution in [-0.2, 0) is 32.6 Å². The number of hydrogen-bond donors (Lipinski definition) is 1. The molecule has 3 aromatic carbocycles. The first kappa shape index (κ1) is 26.2. The second-order valence-electron chi connectivity index (χ2n) is 9.85. The number of nitrogens with zero attached hydrogens (tertiary/aromatic N) is 2. The largest absolute Gasteiger partial charge is 0.476 e. The van der Waals surface area contributed by atoms with Crippen LogP contribution in [-0.4, -0.2) is 58.2 Å². The summed E-state index contributed by atoms with van der Waals surface area (Å²) in [4.78, 5) is 15.7. The maximum Gasteiger partial charge on any atom is 0.264 e. The molecule has 3 aromatic rings. The van der Waals surface area contributed by atoms with Crippen LogP contribution in [0.15, 0.2) is 71.6 Å². The summed E-state index contributed by atoms with van der Waals surface area (Å²) in [5.41, 5.74) is 4.47. The molecule has 2 aliphatic heterocycles. The van der Waals surface area contributed by atoms with Crippen molar-refractivity contribution in [3.8, 4) is 5.75 Å². The molecule has 1 amide bonds. The summed E-state index contributed by atoms with van der Waals surface area (Å²) in [6.45, 7) is 8.26. The summed E-state index contributed by atoms with van der Waals surface area (Å²) in [6, 6.07) is 20.2. The number of nitrogens with one attached hydrogen (secondary N) is 1. The number of aryl methyl sites for hydroxylation is 2. The van der Waals surface area contributed by atoms with Crippen LogP contribution in [0.1, 0.15) is 22.3 Å². The molecule has 0 radical (unpaired) electrons. The number of fused-ring (bicyclic) bond motifs is 1. The summed E-state index contributed by atoms with van der Waals surface area (Å²) in [5.74, 6) is 0.00266. The zero-order valence-electron chi connectivity index (χ0n) is 21.7. The van der Waals surface area contributed by atoms with Crippen molar-refractivity contribution in [2.75, 3.05) is 37.2 Å². The maximum absolute atomic E-state index is 13.6. The van der Waals surface area contributed by atoms with E-state index in [2.05, 4.69) is 22.3 Å². The van der Waals surface area contributed by atoms with E-state index in [1.54, 1.807) is 36.4 Å². The molecule has 0 aromatic heterocycles. The SMILES string of the molecule is Cc1ccc(S(=O)(=O)N2CC(C(=O)NCc3ccc(CN4CCOCC4)cc3)Oc3ccc(C)cc32)cc1. The lowest BCUT2D eigenvalue weighted by molar-refractivity contribution is -0.127. The molecule has 2 heterocycles. The number of anilines is 1. The molecule has 1 unspecified atom stereocenters. The van der Waals surface area contributed by atoms with Crippen molar-refractivity contribution in [3.63, 3.8) is 0 Å². The first-order valence-corrected chi connectivity index (χ1v) is 14.3. The summed E-state index contributed by atoms with van der Waals surface area (Å²) in [5, 5.41) is 2.92. The zero-order valence-corrected chi connectivity index (χ0v) is 22.5. The van der Waals surface area contributed by atoms with Gasteiger partial charge in [0.2, 0.25) is 0 Å². The molecule has 1 N–H and O–H groups in total.